The maximum absolute atomic E-state index is 13.1. The minimum absolute atomic E-state index is 0.0819. The highest BCUT2D eigenvalue weighted by molar-refractivity contribution is 7.92. The zero-order valence-corrected chi connectivity index (χ0v) is 18.6. The van der Waals surface area contributed by atoms with E-state index < -0.39 is 14.9 Å². The van der Waals surface area contributed by atoms with Crippen LogP contribution < -0.4 is 4.72 Å². The zero-order chi connectivity index (χ0) is 23.4. The molecule has 1 saturated heterocycles. The van der Waals surface area contributed by atoms with Crippen LogP contribution in [0.5, 0.6) is 0 Å². The molecule has 1 atom stereocenters. The molecule has 1 aliphatic heterocycles. The van der Waals surface area contributed by atoms with Gasteiger partial charge in [-0.1, -0.05) is 36.4 Å². The summed E-state index contributed by atoms with van der Waals surface area (Å²) in [6, 6.07) is 21.2. The molecule has 3 aromatic carbocycles. The molecule has 0 spiro atoms. The predicted octanol–water partition coefficient (Wildman–Crippen LogP) is 4.24. The van der Waals surface area contributed by atoms with Crippen molar-refractivity contribution in [3.63, 3.8) is 0 Å². The minimum atomic E-state index is -4.01. The molecule has 1 aliphatic rings. The first kappa shape index (κ1) is 22.5. The van der Waals surface area contributed by atoms with Crippen molar-refractivity contribution >= 4 is 27.3 Å². The van der Waals surface area contributed by atoms with Gasteiger partial charge in [0.25, 0.3) is 21.6 Å². The number of amides is 1. The minimum Gasteiger partial charge on any atom is -0.335 e. The van der Waals surface area contributed by atoms with Crippen molar-refractivity contribution in [3.05, 3.63) is 100 Å². The van der Waals surface area contributed by atoms with Crippen LogP contribution in [0, 0.1) is 10.1 Å². The van der Waals surface area contributed by atoms with Crippen molar-refractivity contribution in [1.82, 2.24) is 4.90 Å². The van der Waals surface area contributed by atoms with Gasteiger partial charge >= 0.3 is 0 Å². The molecule has 1 unspecified atom stereocenters. The molecule has 170 valence electrons. The lowest BCUT2D eigenvalue weighted by molar-refractivity contribution is -0.385. The predicted molar refractivity (Wildman–Crippen MR) is 125 cm³/mol. The summed E-state index contributed by atoms with van der Waals surface area (Å²) in [7, 11) is -4.01. The van der Waals surface area contributed by atoms with Crippen LogP contribution in [0.2, 0.25) is 0 Å². The summed E-state index contributed by atoms with van der Waals surface area (Å²) in [5.41, 5.74) is 1.62. The van der Waals surface area contributed by atoms with Gasteiger partial charge in [-0.05, 0) is 55.2 Å². The van der Waals surface area contributed by atoms with Gasteiger partial charge in [0.2, 0.25) is 0 Å². The number of nitro benzene ring substituents is 1. The Labute approximate surface area is 192 Å². The van der Waals surface area contributed by atoms with Gasteiger partial charge in [0.15, 0.2) is 0 Å². The van der Waals surface area contributed by atoms with E-state index in [0.717, 1.165) is 25.3 Å². The van der Waals surface area contributed by atoms with E-state index in [4.69, 9.17) is 0 Å². The average molecular weight is 466 g/mol. The van der Waals surface area contributed by atoms with Crippen LogP contribution in [0.4, 0.5) is 11.4 Å². The topological polar surface area (TPSA) is 110 Å². The lowest BCUT2D eigenvalue weighted by Crippen LogP contribution is -2.36. The third-order valence-electron chi connectivity index (χ3n) is 5.67. The molecule has 0 aromatic heterocycles. The highest BCUT2D eigenvalue weighted by Crippen LogP contribution is 2.25. The second-order valence-corrected chi connectivity index (χ2v) is 9.60. The van der Waals surface area contributed by atoms with Crippen molar-refractivity contribution in [3.8, 4) is 0 Å². The maximum atomic E-state index is 13.1. The second kappa shape index (κ2) is 9.41. The Morgan fingerprint density at radius 1 is 1.03 bits per heavy atom. The van der Waals surface area contributed by atoms with E-state index in [9.17, 15) is 23.3 Å². The summed E-state index contributed by atoms with van der Waals surface area (Å²) in [6.07, 6.45) is 2.69. The first-order chi connectivity index (χ1) is 15.8. The van der Waals surface area contributed by atoms with Crippen LogP contribution in [0.25, 0.3) is 0 Å². The van der Waals surface area contributed by atoms with E-state index in [-0.39, 0.29) is 28.2 Å². The number of likely N-dealkylation sites (tertiary alicyclic amines) is 1. The molecule has 0 radical (unpaired) electrons. The molecule has 0 aliphatic carbocycles. The number of carbonyl (C=O) groups excluding carboxylic acids is 1. The largest absolute Gasteiger partial charge is 0.335 e. The zero-order valence-electron chi connectivity index (χ0n) is 17.8. The summed E-state index contributed by atoms with van der Waals surface area (Å²) >= 11 is 0. The molecule has 1 fully saturated rings. The van der Waals surface area contributed by atoms with E-state index in [0.29, 0.717) is 12.1 Å². The van der Waals surface area contributed by atoms with E-state index in [1.54, 1.807) is 12.1 Å². The van der Waals surface area contributed by atoms with Crippen LogP contribution in [-0.4, -0.2) is 36.7 Å². The van der Waals surface area contributed by atoms with Crippen LogP contribution in [0.3, 0.4) is 0 Å². The molecule has 0 bridgehead atoms. The van der Waals surface area contributed by atoms with E-state index in [1.807, 2.05) is 23.1 Å². The summed E-state index contributed by atoms with van der Waals surface area (Å²) < 4.78 is 27.6. The molecule has 1 heterocycles. The average Bonchev–Trinajstić information content (AvgIpc) is 3.27. The third-order valence-corrected chi connectivity index (χ3v) is 7.05. The Bertz CT molecular complexity index is 1260. The third kappa shape index (κ3) is 5.20. The maximum Gasteiger partial charge on any atom is 0.270 e. The second-order valence-electron chi connectivity index (χ2n) is 7.92. The summed E-state index contributed by atoms with van der Waals surface area (Å²) in [6.45, 7) is 0.692. The van der Waals surface area contributed by atoms with Gasteiger partial charge in [-0.3, -0.25) is 19.6 Å². The Balaban J connectivity index is 1.46. The normalized spacial score (nSPS) is 15.9. The number of anilines is 1. The number of nitrogens with one attached hydrogen (secondary N) is 1. The monoisotopic (exact) mass is 465 g/mol. The van der Waals surface area contributed by atoms with Crippen LogP contribution in [0.15, 0.2) is 83.8 Å². The molecule has 4 rings (SSSR count). The van der Waals surface area contributed by atoms with Crippen molar-refractivity contribution in [2.75, 3.05) is 11.3 Å². The SMILES string of the molecule is O=C(c1ccc(NS(=O)(=O)c2cccc([N+](=O)[O-])c2)cc1)N1CCCC1Cc1ccccc1. The number of hydrogen-bond acceptors (Lipinski definition) is 5. The number of hydrogen-bond donors (Lipinski definition) is 1. The van der Waals surface area contributed by atoms with Crippen molar-refractivity contribution in [2.45, 2.75) is 30.2 Å². The molecule has 0 saturated carbocycles. The Kier molecular flexibility index (Phi) is 6.41. The highest BCUT2D eigenvalue weighted by atomic mass is 32.2. The fourth-order valence-electron chi connectivity index (χ4n) is 4.03. The Morgan fingerprint density at radius 3 is 2.45 bits per heavy atom. The quantitative estimate of drug-likeness (QED) is 0.415. The molecule has 3 aromatic rings. The smallest absolute Gasteiger partial charge is 0.270 e. The molecular weight excluding hydrogens is 442 g/mol. The van der Waals surface area contributed by atoms with Crippen molar-refractivity contribution < 1.29 is 18.1 Å². The highest BCUT2D eigenvalue weighted by Gasteiger charge is 2.29. The van der Waals surface area contributed by atoms with Crippen molar-refractivity contribution in [2.24, 2.45) is 0 Å². The van der Waals surface area contributed by atoms with Crippen LogP contribution in [-0.2, 0) is 16.4 Å². The van der Waals surface area contributed by atoms with Gasteiger partial charge in [-0.15, -0.1) is 0 Å². The summed E-state index contributed by atoms with van der Waals surface area (Å²) in [4.78, 5) is 25.0. The van der Waals surface area contributed by atoms with Gasteiger partial charge < -0.3 is 4.90 Å². The number of sulfonamides is 1. The van der Waals surface area contributed by atoms with Crippen LogP contribution in [0.1, 0.15) is 28.8 Å². The van der Waals surface area contributed by atoms with Gasteiger partial charge in [0.05, 0.1) is 9.82 Å². The summed E-state index contributed by atoms with van der Waals surface area (Å²) in [5.74, 6) is -0.0819. The number of nitro groups is 1. The number of benzene rings is 3. The van der Waals surface area contributed by atoms with E-state index in [2.05, 4.69) is 16.9 Å². The van der Waals surface area contributed by atoms with E-state index >= 15 is 0 Å². The number of rotatable bonds is 7. The molecule has 33 heavy (non-hydrogen) atoms. The lowest BCUT2D eigenvalue weighted by atomic mass is 10.0. The van der Waals surface area contributed by atoms with Gasteiger partial charge in [-0.2, -0.15) is 0 Å². The molecular formula is C24H23N3O5S. The summed E-state index contributed by atoms with van der Waals surface area (Å²) in [5, 5.41) is 10.9. The molecule has 1 amide bonds. The van der Waals surface area contributed by atoms with Gasteiger partial charge in [-0.25, -0.2) is 8.42 Å². The van der Waals surface area contributed by atoms with Gasteiger partial charge in [0, 0.05) is 36.0 Å². The number of carbonyl (C=O) groups is 1. The van der Waals surface area contributed by atoms with Crippen molar-refractivity contribution in [1.29, 1.82) is 0 Å². The fraction of sp³-hybridized carbons (Fsp3) is 0.208. The first-order valence-corrected chi connectivity index (χ1v) is 12.0. The number of non-ortho nitro benzene ring substituents is 1. The molecule has 8 nitrogen and oxygen atoms in total. The first-order valence-electron chi connectivity index (χ1n) is 10.6. The fourth-order valence-corrected chi connectivity index (χ4v) is 5.12. The molecule has 9 heteroatoms. The van der Waals surface area contributed by atoms with Crippen LogP contribution >= 0.6 is 0 Å². The molecule has 1 N–H and O–H groups in total. The van der Waals surface area contributed by atoms with E-state index in [1.165, 1.54) is 35.9 Å². The Morgan fingerprint density at radius 2 is 1.76 bits per heavy atom. The lowest BCUT2D eigenvalue weighted by Gasteiger charge is -2.25. The standard InChI is InChI=1S/C24H23N3O5S/c28-24(26-15-5-9-21(26)16-18-6-2-1-3-7-18)19-11-13-20(14-12-19)25-33(31,32)23-10-4-8-22(17-23)27(29)30/h1-4,6-8,10-14,17,21,25H,5,9,15-16H2. The van der Waals surface area contributed by atoms with Gasteiger partial charge in [0.1, 0.15) is 0 Å². The number of nitrogens with zero attached hydrogens (tertiary/aromatic N) is 2. The Hall–Kier alpha value is -3.72.